The molecule has 1 aromatic carbocycles. The van der Waals surface area contributed by atoms with Crippen LogP contribution in [0.15, 0.2) is 24.3 Å². The van der Waals surface area contributed by atoms with Crippen LogP contribution in [0.1, 0.15) is 38.2 Å². The molecular formula is C14H20ClN. The molecule has 0 spiro atoms. The highest BCUT2D eigenvalue weighted by molar-refractivity contribution is 6.31. The highest BCUT2D eigenvalue weighted by Crippen LogP contribution is 2.26. The summed E-state index contributed by atoms with van der Waals surface area (Å²) in [5.41, 5.74) is 1.49. The molecule has 1 aromatic rings. The average molecular weight is 238 g/mol. The lowest BCUT2D eigenvalue weighted by Gasteiger charge is -2.30. The topological polar surface area (TPSA) is 12.0 Å². The second kappa shape index (κ2) is 5.20. The minimum Gasteiger partial charge on any atom is -0.311 e. The minimum atomic E-state index is 0.224. The Kier molecular flexibility index (Phi) is 3.88. The molecule has 1 atom stereocenters. The molecule has 1 fully saturated rings. The predicted octanol–water partition coefficient (Wildman–Crippen LogP) is 3.80. The molecule has 1 N–H and O–H groups in total. The summed E-state index contributed by atoms with van der Waals surface area (Å²) in [7, 11) is 0. The van der Waals surface area contributed by atoms with Gasteiger partial charge >= 0.3 is 0 Å². The van der Waals surface area contributed by atoms with E-state index in [0.717, 1.165) is 18.0 Å². The molecule has 1 aliphatic rings. The van der Waals surface area contributed by atoms with Crippen molar-refractivity contribution in [1.82, 2.24) is 5.32 Å². The van der Waals surface area contributed by atoms with Crippen molar-refractivity contribution < 1.29 is 0 Å². The molecule has 16 heavy (non-hydrogen) atoms. The SMILES string of the molecule is CC1(Cc2ccccc2Cl)CCCCCN1. The minimum absolute atomic E-state index is 0.224. The van der Waals surface area contributed by atoms with E-state index in [1.807, 2.05) is 12.1 Å². The van der Waals surface area contributed by atoms with Crippen LogP contribution in [0, 0.1) is 0 Å². The van der Waals surface area contributed by atoms with E-state index in [-0.39, 0.29) is 5.54 Å². The summed E-state index contributed by atoms with van der Waals surface area (Å²) in [4.78, 5) is 0. The van der Waals surface area contributed by atoms with Crippen LogP contribution in [0.5, 0.6) is 0 Å². The van der Waals surface area contributed by atoms with Gasteiger partial charge in [0, 0.05) is 10.6 Å². The third-order valence-corrected chi connectivity index (χ3v) is 3.86. The zero-order valence-electron chi connectivity index (χ0n) is 9.93. The van der Waals surface area contributed by atoms with Gasteiger partial charge < -0.3 is 5.32 Å². The van der Waals surface area contributed by atoms with Gasteiger partial charge in [0.1, 0.15) is 0 Å². The standard InChI is InChI=1S/C14H20ClN/c1-14(9-5-2-6-10-16-14)11-12-7-3-4-8-13(12)15/h3-4,7-8,16H,2,5-6,9-11H2,1H3. The van der Waals surface area contributed by atoms with E-state index in [1.165, 1.54) is 31.2 Å². The van der Waals surface area contributed by atoms with Crippen molar-refractivity contribution in [1.29, 1.82) is 0 Å². The average Bonchev–Trinajstić information content (AvgIpc) is 2.47. The van der Waals surface area contributed by atoms with Crippen molar-refractivity contribution in [3.05, 3.63) is 34.9 Å². The maximum absolute atomic E-state index is 6.22. The number of hydrogen-bond donors (Lipinski definition) is 1. The van der Waals surface area contributed by atoms with Crippen LogP contribution < -0.4 is 5.32 Å². The number of nitrogens with one attached hydrogen (secondary N) is 1. The van der Waals surface area contributed by atoms with Crippen molar-refractivity contribution >= 4 is 11.6 Å². The predicted molar refractivity (Wildman–Crippen MR) is 70.0 cm³/mol. The fourth-order valence-corrected chi connectivity index (χ4v) is 2.71. The fourth-order valence-electron chi connectivity index (χ4n) is 2.51. The van der Waals surface area contributed by atoms with Gasteiger partial charge in [-0.15, -0.1) is 0 Å². The molecule has 1 unspecified atom stereocenters. The Labute approximate surface area is 103 Å². The lowest BCUT2D eigenvalue weighted by atomic mass is 9.88. The first-order valence-electron chi connectivity index (χ1n) is 6.18. The maximum Gasteiger partial charge on any atom is 0.0438 e. The Balaban J connectivity index is 2.10. The van der Waals surface area contributed by atoms with Gasteiger partial charge in [-0.3, -0.25) is 0 Å². The summed E-state index contributed by atoms with van der Waals surface area (Å²) in [5, 5.41) is 4.57. The Morgan fingerprint density at radius 3 is 2.88 bits per heavy atom. The van der Waals surface area contributed by atoms with Gasteiger partial charge in [0.15, 0.2) is 0 Å². The van der Waals surface area contributed by atoms with Crippen LogP contribution in [0.2, 0.25) is 5.02 Å². The van der Waals surface area contributed by atoms with Gasteiger partial charge in [0.25, 0.3) is 0 Å². The van der Waals surface area contributed by atoms with E-state index in [9.17, 15) is 0 Å². The molecule has 1 aliphatic heterocycles. The summed E-state index contributed by atoms with van der Waals surface area (Å²) >= 11 is 6.22. The number of halogens is 1. The van der Waals surface area contributed by atoms with Crippen molar-refractivity contribution in [2.75, 3.05) is 6.54 Å². The van der Waals surface area contributed by atoms with E-state index in [1.54, 1.807) is 0 Å². The molecular weight excluding hydrogens is 218 g/mol. The Hall–Kier alpha value is -0.530. The van der Waals surface area contributed by atoms with Gasteiger partial charge in [-0.2, -0.15) is 0 Å². The molecule has 0 aliphatic carbocycles. The van der Waals surface area contributed by atoms with E-state index in [0.29, 0.717) is 0 Å². The normalized spacial score (nSPS) is 26.4. The van der Waals surface area contributed by atoms with Crippen molar-refractivity contribution in [3.63, 3.8) is 0 Å². The molecule has 1 nitrogen and oxygen atoms in total. The molecule has 88 valence electrons. The lowest BCUT2D eigenvalue weighted by Crippen LogP contribution is -2.43. The molecule has 0 radical (unpaired) electrons. The first-order valence-corrected chi connectivity index (χ1v) is 6.56. The van der Waals surface area contributed by atoms with Gasteiger partial charge in [-0.1, -0.05) is 42.6 Å². The molecule has 0 saturated carbocycles. The molecule has 2 rings (SSSR count). The summed E-state index contributed by atoms with van der Waals surface area (Å²) in [6.45, 7) is 3.46. The second-order valence-corrected chi connectivity index (χ2v) is 5.47. The Morgan fingerprint density at radius 2 is 2.06 bits per heavy atom. The lowest BCUT2D eigenvalue weighted by molar-refractivity contribution is 0.346. The van der Waals surface area contributed by atoms with Gasteiger partial charge in [0.2, 0.25) is 0 Å². The van der Waals surface area contributed by atoms with Crippen molar-refractivity contribution in [3.8, 4) is 0 Å². The molecule has 0 amide bonds. The van der Waals surface area contributed by atoms with Crippen LogP contribution >= 0.6 is 11.6 Å². The number of hydrogen-bond acceptors (Lipinski definition) is 1. The first kappa shape index (κ1) is 11.9. The zero-order valence-corrected chi connectivity index (χ0v) is 10.7. The van der Waals surface area contributed by atoms with Gasteiger partial charge in [-0.05, 0) is 44.4 Å². The third kappa shape index (κ3) is 2.99. The molecule has 0 aromatic heterocycles. The van der Waals surface area contributed by atoms with Crippen LogP contribution in [0.25, 0.3) is 0 Å². The molecule has 2 heteroatoms. The summed E-state index contributed by atoms with van der Waals surface area (Å²) in [6, 6.07) is 8.19. The zero-order chi connectivity index (χ0) is 11.4. The van der Waals surface area contributed by atoms with E-state index in [4.69, 9.17) is 11.6 Å². The van der Waals surface area contributed by atoms with E-state index >= 15 is 0 Å². The Bertz CT molecular complexity index is 340. The second-order valence-electron chi connectivity index (χ2n) is 5.07. The molecule has 1 saturated heterocycles. The smallest absolute Gasteiger partial charge is 0.0438 e. The first-order chi connectivity index (χ1) is 7.70. The Morgan fingerprint density at radius 1 is 1.25 bits per heavy atom. The molecule has 1 heterocycles. The number of benzene rings is 1. The van der Waals surface area contributed by atoms with E-state index in [2.05, 4.69) is 24.4 Å². The van der Waals surface area contributed by atoms with Gasteiger partial charge in [0.05, 0.1) is 0 Å². The third-order valence-electron chi connectivity index (χ3n) is 3.50. The van der Waals surface area contributed by atoms with Gasteiger partial charge in [-0.25, -0.2) is 0 Å². The number of rotatable bonds is 2. The quantitative estimate of drug-likeness (QED) is 0.825. The summed E-state index contributed by atoms with van der Waals surface area (Å²) in [6.07, 6.45) is 6.27. The van der Waals surface area contributed by atoms with Crippen LogP contribution in [-0.4, -0.2) is 12.1 Å². The monoisotopic (exact) mass is 237 g/mol. The van der Waals surface area contributed by atoms with Crippen LogP contribution in [0.4, 0.5) is 0 Å². The van der Waals surface area contributed by atoms with Crippen molar-refractivity contribution in [2.45, 2.75) is 44.6 Å². The highest BCUT2D eigenvalue weighted by atomic mass is 35.5. The maximum atomic E-state index is 6.22. The van der Waals surface area contributed by atoms with Crippen LogP contribution in [-0.2, 0) is 6.42 Å². The fraction of sp³-hybridized carbons (Fsp3) is 0.571. The van der Waals surface area contributed by atoms with Crippen molar-refractivity contribution in [2.24, 2.45) is 0 Å². The summed E-state index contributed by atoms with van der Waals surface area (Å²) in [5.74, 6) is 0. The molecule has 0 bridgehead atoms. The summed E-state index contributed by atoms with van der Waals surface area (Å²) < 4.78 is 0. The highest BCUT2D eigenvalue weighted by Gasteiger charge is 2.25. The largest absolute Gasteiger partial charge is 0.311 e. The van der Waals surface area contributed by atoms with E-state index < -0.39 is 0 Å². The van der Waals surface area contributed by atoms with Crippen LogP contribution in [0.3, 0.4) is 0 Å².